The van der Waals surface area contributed by atoms with Gasteiger partial charge in [0.2, 0.25) is 10.0 Å². The molecule has 120 valence electrons. The number of nitrogens with two attached hydrogens (primary N) is 1. The topological polar surface area (TPSA) is 139 Å². The van der Waals surface area contributed by atoms with Crippen LogP contribution in [0.2, 0.25) is 0 Å². The zero-order valence-electron chi connectivity index (χ0n) is 12.3. The SMILES string of the molecule is CNS(=O)(=O)CCNc1c(N)n(CC(C)C)c(=O)[nH]c1=O. The van der Waals surface area contributed by atoms with Crippen LogP contribution >= 0.6 is 0 Å². The van der Waals surface area contributed by atoms with Gasteiger partial charge in [-0.2, -0.15) is 0 Å². The highest BCUT2D eigenvalue weighted by Crippen LogP contribution is 2.11. The van der Waals surface area contributed by atoms with Crippen molar-refractivity contribution >= 4 is 21.5 Å². The average Bonchev–Trinajstić information content (AvgIpc) is 2.38. The molecule has 0 unspecified atom stereocenters. The highest BCUT2D eigenvalue weighted by atomic mass is 32.2. The second kappa shape index (κ2) is 6.76. The Morgan fingerprint density at radius 2 is 1.95 bits per heavy atom. The van der Waals surface area contributed by atoms with E-state index in [2.05, 4.69) is 15.0 Å². The van der Waals surface area contributed by atoms with Gasteiger partial charge in [-0.1, -0.05) is 13.8 Å². The fourth-order valence-electron chi connectivity index (χ4n) is 1.72. The minimum atomic E-state index is -3.39. The molecular formula is C11H21N5O4S. The predicted octanol–water partition coefficient (Wildman–Crippen LogP) is -1.26. The van der Waals surface area contributed by atoms with Crippen molar-refractivity contribution in [3.8, 4) is 0 Å². The summed E-state index contributed by atoms with van der Waals surface area (Å²) < 4.78 is 26.0. The summed E-state index contributed by atoms with van der Waals surface area (Å²) in [5.41, 5.74) is 4.58. The number of anilines is 2. The summed E-state index contributed by atoms with van der Waals surface area (Å²) in [5.74, 6) is -0.0566. The van der Waals surface area contributed by atoms with Crippen molar-refractivity contribution in [3.05, 3.63) is 20.8 Å². The van der Waals surface area contributed by atoms with E-state index in [1.807, 2.05) is 13.8 Å². The van der Waals surface area contributed by atoms with Crippen molar-refractivity contribution in [2.45, 2.75) is 20.4 Å². The molecule has 0 saturated heterocycles. The number of rotatable bonds is 7. The lowest BCUT2D eigenvalue weighted by Crippen LogP contribution is -2.36. The van der Waals surface area contributed by atoms with E-state index in [9.17, 15) is 18.0 Å². The third kappa shape index (κ3) is 4.60. The van der Waals surface area contributed by atoms with Crippen LogP contribution in [0.3, 0.4) is 0 Å². The first-order valence-corrected chi connectivity index (χ1v) is 8.11. The molecule has 0 aliphatic carbocycles. The van der Waals surface area contributed by atoms with Gasteiger partial charge in [-0.05, 0) is 13.0 Å². The first-order valence-electron chi connectivity index (χ1n) is 6.45. The fraction of sp³-hybridized carbons (Fsp3) is 0.636. The standard InChI is InChI=1S/C11H21N5O4S/c1-7(2)6-16-9(12)8(10(17)15-11(16)18)14-4-5-21(19,20)13-3/h7,13-14H,4-6,12H2,1-3H3,(H,15,17,18). The molecule has 5 N–H and O–H groups in total. The van der Waals surface area contributed by atoms with Crippen molar-refractivity contribution in [1.82, 2.24) is 14.3 Å². The van der Waals surface area contributed by atoms with Gasteiger partial charge in [0, 0.05) is 13.1 Å². The lowest BCUT2D eigenvalue weighted by Gasteiger charge is -2.15. The number of hydrogen-bond acceptors (Lipinski definition) is 6. The van der Waals surface area contributed by atoms with Gasteiger partial charge in [-0.25, -0.2) is 17.9 Å². The van der Waals surface area contributed by atoms with Gasteiger partial charge in [0.15, 0.2) is 0 Å². The van der Waals surface area contributed by atoms with Crippen molar-refractivity contribution in [2.75, 3.05) is 30.4 Å². The summed E-state index contributed by atoms with van der Waals surface area (Å²) >= 11 is 0. The molecule has 1 heterocycles. The van der Waals surface area contributed by atoms with Gasteiger partial charge in [-0.15, -0.1) is 0 Å². The first kappa shape index (κ1) is 17.2. The number of nitrogens with zero attached hydrogens (tertiary/aromatic N) is 1. The van der Waals surface area contributed by atoms with Crippen LogP contribution in [-0.2, 0) is 16.6 Å². The van der Waals surface area contributed by atoms with Gasteiger partial charge < -0.3 is 11.1 Å². The number of aromatic nitrogens is 2. The van der Waals surface area contributed by atoms with Crippen molar-refractivity contribution in [2.24, 2.45) is 5.92 Å². The Kier molecular flexibility index (Phi) is 5.55. The predicted molar refractivity (Wildman–Crippen MR) is 81.9 cm³/mol. The molecule has 0 amide bonds. The zero-order chi connectivity index (χ0) is 16.2. The molecule has 0 aliphatic heterocycles. The molecular weight excluding hydrogens is 298 g/mol. The smallest absolute Gasteiger partial charge is 0.330 e. The normalized spacial score (nSPS) is 11.8. The second-order valence-electron chi connectivity index (χ2n) is 4.97. The molecule has 0 fully saturated rings. The quantitative estimate of drug-likeness (QED) is 0.494. The number of sulfonamides is 1. The Bertz CT molecular complexity index is 704. The molecule has 9 nitrogen and oxygen atoms in total. The van der Waals surface area contributed by atoms with E-state index in [4.69, 9.17) is 5.73 Å². The van der Waals surface area contributed by atoms with Crippen LogP contribution in [0.5, 0.6) is 0 Å². The number of hydrogen-bond donors (Lipinski definition) is 4. The van der Waals surface area contributed by atoms with Crippen molar-refractivity contribution in [1.29, 1.82) is 0 Å². The molecule has 10 heteroatoms. The highest BCUT2D eigenvalue weighted by molar-refractivity contribution is 7.89. The van der Waals surface area contributed by atoms with Crippen LogP contribution in [0.15, 0.2) is 9.59 Å². The van der Waals surface area contributed by atoms with E-state index < -0.39 is 21.3 Å². The minimum Gasteiger partial charge on any atom is -0.383 e. The Labute approximate surface area is 122 Å². The maximum Gasteiger partial charge on any atom is 0.330 e. The summed E-state index contributed by atoms with van der Waals surface area (Å²) in [6.07, 6.45) is 0. The summed E-state index contributed by atoms with van der Waals surface area (Å²) in [4.78, 5) is 25.6. The number of aromatic amines is 1. The lowest BCUT2D eigenvalue weighted by molar-refractivity contribution is 0.508. The number of nitrogens with one attached hydrogen (secondary N) is 3. The second-order valence-corrected chi connectivity index (χ2v) is 7.02. The van der Waals surface area contributed by atoms with Gasteiger partial charge in [-0.3, -0.25) is 14.3 Å². The zero-order valence-corrected chi connectivity index (χ0v) is 13.1. The Balaban J connectivity index is 3.03. The molecule has 0 saturated carbocycles. The fourth-order valence-corrected chi connectivity index (χ4v) is 2.29. The number of nitrogen functional groups attached to an aromatic ring is 1. The summed E-state index contributed by atoms with van der Waals surface area (Å²) in [5, 5.41) is 2.66. The van der Waals surface area contributed by atoms with E-state index >= 15 is 0 Å². The van der Waals surface area contributed by atoms with E-state index in [0.29, 0.717) is 6.54 Å². The molecule has 1 rings (SSSR count). The minimum absolute atomic E-state index is 0.000643. The summed E-state index contributed by atoms with van der Waals surface area (Å²) in [6, 6.07) is 0. The first-order chi connectivity index (χ1) is 9.68. The van der Waals surface area contributed by atoms with Crippen LogP contribution in [0.25, 0.3) is 0 Å². The van der Waals surface area contributed by atoms with E-state index in [1.54, 1.807) is 0 Å². The van der Waals surface area contributed by atoms with Crippen LogP contribution in [-0.4, -0.2) is 37.3 Å². The maximum absolute atomic E-state index is 11.7. The van der Waals surface area contributed by atoms with Crippen molar-refractivity contribution < 1.29 is 8.42 Å². The van der Waals surface area contributed by atoms with Crippen LogP contribution in [0.1, 0.15) is 13.8 Å². The molecule has 0 spiro atoms. The largest absolute Gasteiger partial charge is 0.383 e. The molecule has 0 bridgehead atoms. The molecule has 1 aromatic heterocycles. The maximum atomic E-state index is 11.7. The van der Waals surface area contributed by atoms with Gasteiger partial charge in [0.25, 0.3) is 5.56 Å². The van der Waals surface area contributed by atoms with Crippen LogP contribution in [0.4, 0.5) is 11.5 Å². The van der Waals surface area contributed by atoms with Gasteiger partial charge in [0.1, 0.15) is 11.5 Å². The molecule has 1 aromatic rings. The Morgan fingerprint density at radius 3 is 2.48 bits per heavy atom. The monoisotopic (exact) mass is 319 g/mol. The molecule has 0 aliphatic rings. The highest BCUT2D eigenvalue weighted by Gasteiger charge is 2.14. The number of H-pyrrole nitrogens is 1. The summed E-state index contributed by atoms with van der Waals surface area (Å²) in [6.45, 7) is 4.16. The van der Waals surface area contributed by atoms with E-state index in [1.165, 1.54) is 11.6 Å². The third-order valence-corrected chi connectivity index (χ3v) is 4.13. The molecule has 0 radical (unpaired) electrons. The van der Waals surface area contributed by atoms with Crippen LogP contribution < -0.4 is 27.0 Å². The summed E-state index contributed by atoms with van der Waals surface area (Å²) in [7, 11) is -2.08. The van der Waals surface area contributed by atoms with E-state index in [0.717, 1.165) is 0 Å². The Hall–Kier alpha value is -1.81. The van der Waals surface area contributed by atoms with Crippen molar-refractivity contribution in [3.63, 3.8) is 0 Å². The average molecular weight is 319 g/mol. The van der Waals surface area contributed by atoms with Crippen LogP contribution in [0, 0.1) is 5.92 Å². The van der Waals surface area contributed by atoms with E-state index in [-0.39, 0.29) is 29.7 Å². The third-order valence-electron chi connectivity index (χ3n) is 2.77. The molecule has 0 aromatic carbocycles. The lowest BCUT2D eigenvalue weighted by atomic mass is 10.2. The van der Waals surface area contributed by atoms with Gasteiger partial charge in [0.05, 0.1) is 5.75 Å². The Morgan fingerprint density at radius 1 is 1.33 bits per heavy atom. The van der Waals surface area contributed by atoms with Gasteiger partial charge >= 0.3 is 5.69 Å². The molecule has 0 atom stereocenters. The molecule has 21 heavy (non-hydrogen) atoms.